The van der Waals surface area contributed by atoms with Gasteiger partial charge >= 0.3 is 0 Å². The first-order chi connectivity index (χ1) is 10.2. The molecular weight excluding hydrogens is 332 g/mol. The Morgan fingerprint density at radius 2 is 2.10 bits per heavy atom. The van der Waals surface area contributed by atoms with E-state index < -0.39 is 0 Å². The minimum atomic E-state index is 0.602. The molecule has 5 heteroatoms. The fourth-order valence-corrected chi connectivity index (χ4v) is 2.53. The van der Waals surface area contributed by atoms with E-state index in [1.54, 1.807) is 13.3 Å². The molecule has 0 aliphatic carbocycles. The van der Waals surface area contributed by atoms with E-state index in [1.165, 1.54) is 0 Å². The summed E-state index contributed by atoms with van der Waals surface area (Å²) in [6, 6.07) is 9.85. The molecule has 1 aromatic heterocycles. The van der Waals surface area contributed by atoms with Crippen molar-refractivity contribution in [3.63, 3.8) is 0 Å². The summed E-state index contributed by atoms with van der Waals surface area (Å²) in [5.74, 6) is 1.53. The first-order valence-electron chi connectivity index (χ1n) is 6.84. The fourth-order valence-electron chi connectivity index (χ4n) is 2.04. The summed E-state index contributed by atoms with van der Waals surface area (Å²) in [5.41, 5.74) is 2.07. The standard InChI is InChI=1S/C16H19BrN2O2/c1-3-21-16-12(8-13(17)9-15(16)20-2)10-18-11-14-6-4-5-7-19-14/h4-9,18H,3,10-11H2,1-2H3. The fraction of sp³-hybridized carbons (Fsp3) is 0.312. The lowest BCUT2D eigenvalue weighted by molar-refractivity contribution is 0.306. The molecular formula is C16H19BrN2O2. The third-order valence-electron chi connectivity index (χ3n) is 2.95. The highest BCUT2D eigenvalue weighted by Gasteiger charge is 2.12. The molecule has 0 aliphatic heterocycles. The maximum absolute atomic E-state index is 5.72. The van der Waals surface area contributed by atoms with Crippen LogP contribution < -0.4 is 14.8 Å². The Bertz CT molecular complexity index is 576. The number of nitrogens with one attached hydrogen (secondary N) is 1. The number of halogens is 1. The van der Waals surface area contributed by atoms with Gasteiger partial charge < -0.3 is 14.8 Å². The quantitative estimate of drug-likeness (QED) is 0.829. The van der Waals surface area contributed by atoms with Crippen molar-refractivity contribution in [3.8, 4) is 11.5 Å². The molecule has 4 nitrogen and oxygen atoms in total. The second-order valence-corrected chi connectivity index (χ2v) is 5.37. The predicted molar refractivity (Wildman–Crippen MR) is 86.6 cm³/mol. The van der Waals surface area contributed by atoms with E-state index in [0.29, 0.717) is 19.7 Å². The molecule has 0 radical (unpaired) electrons. The van der Waals surface area contributed by atoms with Gasteiger partial charge in [0.25, 0.3) is 0 Å². The molecule has 0 fully saturated rings. The molecule has 21 heavy (non-hydrogen) atoms. The van der Waals surface area contributed by atoms with Gasteiger partial charge in [0.15, 0.2) is 11.5 Å². The zero-order chi connectivity index (χ0) is 15.1. The summed E-state index contributed by atoms with van der Waals surface area (Å²) < 4.78 is 12.1. The highest BCUT2D eigenvalue weighted by atomic mass is 79.9. The lowest BCUT2D eigenvalue weighted by atomic mass is 10.2. The van der Waals surface area contributed by atoms with E-state index in [2.05, 4.69) is 26.2 Å². The van der Waals surface area contributed by atoms with Gasteiger partial charge in [-0.05, 0) is 31.2 Å². The van der Waals surface area contributed by atoms with Crippen LogP contribution in [0.3, 0.4) is 0 Å². The Morgan fingerprint density at radius 3 is 2.76 bits per heavy atom. The van der Waals surface area contributed by atoms with Gasteiger partial charge in [-0.15, -0.1) is 0 Å². The number of hydrogen-bond donors (Lipinski definition) is 1. The van der Waals surface area contributed by atoms with Gasteiger partial charge in [-0.1, -0.05) is 22.0 Å². The van der Waals surface area contributed by atoms with Crippen molar-refractivity contribution in [2.24, 2.45) is 0 Å². The summed E-state index contributed by atoms with van der Waals surface area (Å²) in [6.45, 7) is 3.96. The van der Waals surface area contributed by atoms with Crippen LogP contribution in [0.1, 0.15) is 18.2 Å². The van der Waals surface area contributed by atoms with Crippen molar-refractivity contribution in [2.45, 2.75) is 20.0 Å². The van der Waals surface area contributed by atoms with Gasteiger partial charge in [-0.3, -0.25) is 4.98 Å². The van der Waals surface area contributed by atoms with Crippen LogP contribution in [0.15, 0.2) is 41.0 Å². The molecule has 0 amide bonds. The zero-order valence-corrected chi connectivity index (χ0v) is 13.8. The Morgan fingerprint density at radius 1 is 1.24 bits per heavy atom. The van der Waals surface area contributed by atoms with Crippen molar-refractivity contribution >= 4 is 15.9 Å². The minimum Gasteiger partial charge on any atom is -0.493 e. The Balaban J connectivity index is 2.09. The Labute approximate surface area is 133 Å². The molecule has 0 spiro atoms. The molecule has 1 N–H and O–H groups in total. The van der Waals surface area contributed by atoms with E-state index in [0.717, 1.165) is 27.2 Å². The molecule has 1 aromatic carbocycles. The number of nitrogens with zero attached hydrogens (tertiary/aromatic N) is 1. The number of hydrogen-bond acceptors (Lipinski definition) is 4. The number of benzene rings is 1. The molecule has 0 saturated heterocycles. The molecule has 2 rings (SSSR count). The number of aromatic nitrogens is 1. The van der Waals surface area contributed by atoms with Gasteiger partial charge in [-0.25, -0.2) is 0 Å². The van der Waals surface area contributed by atoms with E-state index in [4.69, 9.17) is 9.47 Å². The van der Waals surface area contributed by atoms with Gasteiger partial charge in [-0.2, -0.15) is 0 Å². The normalized spacial score (nSPS) is 10.4. The van der Waals surface area contributed by atoms with Crippen LogP contribution in [-0.4, -0.2) is 18.7 Å². The predicted octanol–water partition coefficient (Wildman–Crippen LogP) is 3.54. The second kappa shape index (κ2) is 8.00. The summed E-state index contributed by atoms with van der Waals surface area (Å²) in [6.07, 6.45) is 1.80. The zero-order valence-electron chi connectivity index (χ0n) is 12.2. The topological polar surface area (TPSA) is 43.4 Å². The minimum absolute atomic E-state index is 0.602. The number of rotatable bonds is 7. The van der Waals surface area contributed by atoms with Gasteiger partial charge in [0.1, 0.15) is 0 Å². The SMILES string of the molecule is CCOc1c(CNCc2ccccn2)cc(Br)cc1OC. The van der Waals surface area contributed by atoms with Crippen LogP contribution in [0.25, 0.3) is 0 Å². The second-order valence-electron chi connectivity index (χ2n) is 4.45. The van der Waals surface area contributed by atoms with Crippen LogP contribution in [0, 0.1) is 0 Å². The molecule has 2 aromatic rings. The van der Waals surface area contributed by atoms with Crippen LogP contribution in [0.2, 0.25) is 0 Å². The average Bonchev–Trinajstić information content (AvgIpc) is 2.50. The van der Waals surface area contributed by atoms with Crippen molar-refractivity contribution in [1.82, 2.24) is 10.3 Å². The summed E-state index contributed by atoms with van der Waals surface area (Å²) >= 11 is 3.50. The lowest BCUT2D eigenvalue weighted by Crippen LogP contribution is -2.14. The van der Waals surface area contributed by atoms with E-state index >= 15 is 0 Å². The maximum atomic E-state index is 5.72. The molecule has 0 bridgehead atoms. The van der Waals surface area contributed by atoms with Crippen molar-refractivity contribution in [1.29, 1.82) is 0 Å². The Kier molecular flexibility index (Phi) is 6.02. The molecule has 0 saturated carbocycles. The third kappa shape index (κ3) is 4.44. The van der Waals surface area contributed by atoms with E-state index in [9.17, 15) is 0 Å². The largest absolute Gasteiger partial charge is 0.493 e. The average molecular weight is 351 g/mol. The molecule has 112 valence electrons. The lowest BCUT2D eigenvalue weighted by Gasteiger charge is -2.15. The monoisotopic (exact) mass is 350 g/mol. The van der Waals surface area contributed by atoms with Crippen LogP contribution in [0.4, 0.5) is 0 Å². The summed E-state index contributed by atoms with van der Waals surface area (Å²) in [4.78, 5) is 4.29. The van der Waals surface area contributed by atoms with Crippen LogP contribution >= 0.6 is 15.9 Å². The van der Waals surface area contributed by atoms with Crippen LogP contribution in [-0.2, 0) is 13.1 Å². The first-order valence-corrected chi connectivity index (χ1v) is 7.63. The first kappa shape index (κ1) is 15.8. The number of methoxy groups -OCH3 is 1. The maximum Gasteiger partial charge on any atom is 0.165 e. The van der Waals surface area contributed by atoms with Gasteiger partial charge in [0.05, 0.1) is 19.4 Å². The third-order valence-corrected chi connectivity index (χ3v) is 3.41. The van der Waals surface area contributed by atoms with E-state index in [-0.39, 0.29) is 0 Å². The Hall–Kier alpha value is -1.59. The smallest absolute Gasteiger partial charge is 0.165 e. The summed E-state index contributed by atoms with van der Waals surface area (Å²) in [5, 5.41) is 3.38. The highest BCUT2D eigenvalue weighted by Crippen LogP contribution is 2.34. The van der Waals surface area contributed by atoms with E-state index in [1.807, 2.05) is 37.3 Å². The van der Waals surface area contributed by atoms with Gasteiger partial charge in [0.2, 0.25) is 0 Å². The van der Waals surface area contributed by atoms with Crippen molar-refractivity contribution < 1.29 is 9.47 Å². The highest BCUT2D eigenvalue weighted by molar-refractivity contribution is 9.10. The van der Waals surface area contributed by atoms with Crippen LogP contribution in [0.5, 0.6) is 11.5 Å². The van der Waals surface area contributed by atoms with Gasteiger partial charge in [0, 0.05) is 29.3 Å². The molecule has 0 atom stereocenters. The number of ether oxygens (including phenoxy) is 2. The van der Waals surface area contributed by atoms with Crippen molar-refractivity contribution in [2.75, 3.05) is 13.7 Å². The number of pyridine rings is 1. The molecule has 0 aliphatic rings. The summed E-state index contributed by atoms with van der Waals surface area (Å²) in [7, 11) is 1.65. The molecule has 0 unspecified atom stereocenters. The molecule has 1 heterocycles. The van der Waals surface area contributed by atoms with Crippen molar-refractivity contribution in [3.05, 3.63) is 52.3 Å².